The SMILES string of the molecule is Cl.OB(O)c1cncc(C2CCCN2)c1. The van der Waals surface area contributed by atoms with E-state index in [-0.39, 0.29) is 12.4 Å². The van der Waals surface area contributed by atoms with Gasteiger partial charge < -0.3 is 15.4 Å². The number of nitrogens with one attached hydrogen (secondary N) is 1. The molecule has 0 aromatic carbocycles. The fraction of sp³-hybridized carbons (Fsp3) is 0.444. The molecule has 1 aliphatic heterocycles. The van der Waals surface area contributed by atoms with Crippen molar-refractivity contribution in [2.75, 3.05) is 6.54 Å². The van der Waals surface area contributed by atoms with Crippen molar-refractivity contribution in [1.29, 1.82) is 0 Å². The van der Waals surface area contributed by atoms with Gasteiger partial charge in [-0.05, 0) is 24.9 Å². The Morgan fingerprint density at radius 2 is 2.20 bits per heavy atom. The van der Waals surface area contributed by atoms with Gasteiger partial charge in [-0.15, -0.1) is 12.4 Å². The Balaban J connectivity index is 0.00000112. The Morgan fingerprint density at radius 3 is 2.80 bits per heavy atom. The smallest absolute Gasteiger partial charge is 0.423 e. The zero-order valence-electron chi connectivity index (χ0n) is 8.26. The van der Waals surface area contributed by atoms with Crippen LogP contribution in [-0.2, 0) is 0 Å². The van der Waals surface area contributed by atoms with Crippen LogP contribution in [0.25, 0.3) is 0 Å². The van der Waals surface area contributed by atoms with E-state index >= 15 is 0 Å². The lowest BCUT2D eigenvalue weighted by molar-refractivity contribution is 0.425. The molecule has 2 rings (SSSR count). The van der Waals surface area contributed by atoms with Gasteiger partial charge in [-0.2, -0.15) is 0 Å². The summed E-state index contributed by atoms with van der Waals surface area (Å²) in [5.41, 5.74) is 1.49. The molecule has 0 aliphatic carbocycles. The molecule has 1 atom stereocenters. The van der Waals surface area contributed by atoms with Gasteiger partial charge in [-0.3, -0.25) is 4.98 Å². The summed E-state index contributed by atoms with van der Waals surface area (Å²) in [5.74, 6) is 0. The lowest BCUT2D eigenvalue weighted by atomic mass is 9.80. The lowest BCUT2D eigenvalue weighted by Crippen LogP contribution is -2.31. The number of rotatable bonds is 2. The second-order valence-corrected chi connectivity index (χ2v) is 3.57. The van der Waals surface area contributed by atoms with Gasteiger partial charge in [0, 0.05) is 23.9 Å². The van der Waals surface area contributed by atoms with E-state index in [9.17, 15) is 0 Å². The summed E-state index contributed by atoms with van der Waals surface area (Å²) < 4.78 is 0. The van der Waals surface area contributed by atoms with Gasteiger partial charge in [0.25, 0.3) is 0 Å². The summed E-state index contributed by atoms with van der Waals surface area (Å²) in [6.45, 7) is 1.02. The van der Waals surface area contributed by atoms with E-state index in [0.29, 0.717) is 11.5 Å². The molecule has 1 saturated heterocycles. The lowest BCUT2D eigenvalue weighted by Gasteiger charge is -2.10. The maximum atomic E-state index is 8.99. The summed E-state index contributed by atoms with van der Waals surface area (Å²) in [5, 5.41) is 21.3. The van der Waals surface area contributed by atoms with Gasteiger partial charge in [0.1, 0.15) is 0 Å². The molecule has 3 N–H and O–H groups in total. The number of aromatic nitrogens is 1. The molecule has 0 amide bonds. The summed E-state index contributed by atoms with van der Waals surface area (Å²) in [7, 11) is -1.43. The van der Waals surface area contributed by atoms with Crippen molar-refractivity contribution in [3.05, 3.63) is 24.0 Å². The van der Waals surface area contributed by atoms with Crippen molar-refractivity contribution in [1.82, 2.24) is 10.3 Å². The van der Waals surface area contributed by atoms with Gasteiger partial charge in [0.15, 0.2) is 0 Å². The molecule has 2 heterocycles. The molecule has 6 heteroatoms. The van der Waals surface area contributed by atoms with Gasteiger partial charge in [0.05, 0.1) is 0 Å². The van der Waals surface area contributed by atoms with Crippen molar-refractivity contribution >= 4 is 25.0 Å². The van der Waals surface area contributed by atoms with Crippen molar-refractivity contribution < 1.29 is 10.0 Å². The molecule has 4 nitrogen and oxygen atoms in total. The quantitative estimate of drug-likeness (QED) is 0.603. The highest BCUT2D eigenvalue weighted by atomic mass is 35.5. The van der Waals surface area contributed by atoms with Crippen LogP contribution in [0.4, 0.5) is 0 Å². The zero-order valence-corrected chi connectivity index (χ0v) is 9.07. The topological polar surface area (TPSA) is 65.4 Å². The second-order valence-electron chi connectivity index (χ2n) is 3.57. The second kappa shape index (κ2) is 5.46. The summed E-state index contributed by atoms with van der Waals surface area (Å²) >= 11 is 0. The van der Waals surface area contributed by atoms with Crippen molar-refractivity contribution in [2.24, 2.45) is 0 Å². The van der Waals surface area contributed by atoms with E-state index in [1.54, 1.807) is 12.3 Å². The van der Waals surface area contributed by atoms with E-state index in [1.165, 1.54) is 6.20 Å². The predicted molar refractivity (Wildman–Crippen MR) is 61.3 cm³/mol. The monoisotopic (exact) mass is 228 g/mol. The van der Waals surface area contributed by atoms with Crippen LogP contribution in [0.1, 0.15) is 24.4 Å². The van der Waals surface area contributed by atoms with Crippen LogP contribution in [0.15, 0.2) is 18.5 Å². The van der Waals surface area contributed by atoms with Crippen LogP contribution in [0.5, 0.6) is 0 Å². The van der Waals surface area contributed by atoms with Gasteiger partial charge in [0.2, 0.25) is 0 Å². The number of halogens is 1. The summed E-state index contributed by atoms with van der Waals surface area (Å²) in [6.07, 6.45) is 5.50. The number of pyridine rings is 1. The van der Waals surface area contributed by atoms with Crippen molar-refractivity contribution in [3.8, 4) is 0 Å². The van der Waals surface area contributed by atoms with Crippen LogP contribution in [0.3, 0.4) is 0 Å². The van der Waals surface area contributed by atoms with Gasteiger partial charge >= 0.3 is 7.12 Å². The summed E-state index contributed by atoms with van der Waals surface area (Å²) in [4.78, 5) is 3.99. The molecule has 15 heavy (non-hydrogen) atoms. The normalized spacial score (nSPS) is 19.7. The summed E-state index contributed by atoms with van der Waals surface area (Å²) in [6, 6.07) is 2.11. The Hall–Kier alpha value is -0.615. The third-order valence-electron chi connectivity index (χ3n) is 2.54. The number of hydrogen-bond donors (Lipinski definition) is 3. The minimum atomic E-state index is -1.43. The molecule has 1 aromatic heterocycles. The largest absolute Gasteiger partial charge is 0.490 e. The maximum Gasteiger partial charge on any atom is 0.490 e. The molecular formula is C9H14BClN2O2. The van der Waals surface area contributed by atoms with Crippen molar-refractivity contribution in [3.63, 3.8) is 0 Å². The molecule has 0 radical (unpaired) electrons. The standard InChI is InChI=1S/C9H13BN2O2.ClH/c13-10(14)8-4-7(5-11-6-8)9-2-1-3-12-9;/h4-6,9,12-14H,1-3H2;1H. The minimum Gasteiger partial charge on any atom is -0.423 e. The molecule has 1 unspecified atom stereocenters. The number of hydrogen-bond acceptors (Lipinski definition) is 4. The first-order valence-corrected chi connectivity index (χ1v) is 4.82. The highest BCUT2D eigenvalue weighted by Gasteiger charge is 2.18. The first-order valence-electron chi connectivity index (χ1n) is 4.82. The molecule has 1 aromatic rings. The van der Waals surface area contributed by atoms with E-state index < -0.39 is 7.12 Å². The molecular weight excluding hydrogens is 214 g/mol. The van der Waals surface area contributed by atoms with Crippen LogP contribution < -0.4 is 10.8 Å². The molecule has 0 spiro atoms. The molecule has 0 saturated carbocycles. The van der Waals surface area contributed by atoms with E-state index in [0.717, 1.165) is 24.9 Å². The first-order chi connectivity index (χ1) is 6.77. The van der Waals surface area contributed by atoms with Crippen LogP contribution in [-0.4, -0.2) is 28.7 Å². The van der Waals surface area contributed by atoms with E-state index in [1.807, 2.05) is 0 Å². The van der Waals surface area contributed by atoms with Crippen LogP contribution >= 0.6 is 12.4 Å². The molecule has 0 bridgehead atoms. The van der Waals surface area contributed by atoms with E-state index in [4.69, 9.17) is 10.0 Å². The third kappa shape index (κ3) is 2.92. The predicted octanol–water partition coefficient (Wildman–Crippen LogP) is -0.392. The van der Waals surface area contributed by atoms with Gasteiger partial charge in [-0.25, -0.2) is 0 Å². The Kier molecular flexibility index (Phi) is 4.54. The minimum absolute atomic E-state index is 0. The highest BCUT2D eigenvalue weighted by molar-refractivity contribution is 6.58. The Morgan fingerprint density at radius 1 is 1.40 bits per heavy atom. The maximum absolute atomic E-state index is 8.99. The van der Waals surface area contributed by atoms with Gasteiger partial charge in [-0.1, -0.05) is 6.07 Å². The highest BCUT2D eigenvalue weighted by Crippen LogP contribution is 2.21. The third-order valence-corrected chi connectivity index (χ3v) is 2.54. The Bertz CT molecular complexity index is 319. The first kappa shape index (κ1) is 12.5. The number of nitrogens with zero attached hydrogens (tertiary/aromatic N) is 1. The van der Waals surface area contributed by atoms with Crippen LogP contribution in [0.2, 0.25) is 0 Å². The van der Waals surface area contributed by atoms with Crippen molar-refractivity contribution in [2.45, 2.75) is 18.9 Å². The fourth-order valence-electron chi connectivity index (χ4n) is 1.78. The molecule has 82 valence electrons. The Labute approximate surface area is 95.3 Å². The average Bonchev–Trinajstić information content (AvgIpc) is 2.71. The van der Waals surface area contributed by atoms with Crippen LogP contribution in [0, 0.1) is 0 Å². The molecule has 1 fully saturated rings. The molecule has 1 aliphatic rings. The van der Waals surface area contributed by atoms with E-state index in [2.05, 4.69) is 10.3 Å². The average molecular weight is 228 g/mol. The zero-order chi connectivity index (χ0) is 9.97. The fourth-order valence-corrected chi connectivity index (χ4v) is 1.78.